The summed E-state index contributed by atoms with van der Waals surface area (Å²) in [5, 5.41) is 4.74. The van der Waals surface area contributed by atoms with Crippen LogP contribution in [0.25, 0.3) is 5.69 Å². The van der Waals surface area contributed by atoms with Crippen molar-refractivity contribution < 1.29 is 0 Å². The number of nitrogens with two attached hydrogens (primary N) is 1. The third-order valence-corrected chi connectivity index (χ3v) is 3.35. The second kappa shape index (κ2) is 5.29. The fourth-order valence-corrected chi connectivity index (χ4v) is 2.06. The number of anilines is 1. The molecule has 0 amide bonds. The van der Waals surface area contributed by atoms with E-state index in [0.29, 0.717) is 6.54 Å². The Kier molecular flexibility index (Phi) is 3.86. The molecule has 0 saturated heterocycles. The van der Waals surface area contributed by atoms with Crippen molar-refractivity contribution in [1.29, 1.82) is 0 Å². The van der Waals surface area contributed by atoms with E-state index in [9.17, 15) is 0 Å². The summed E-state index contributed by atoms with van der Waals surface area (Å²) in [4.78, 5) is 2.08. The zero-order valence-corrected chi connectivity index (χ0v) is 13.0. The van der Waals surface area contributed by atoms with Gasteiger partial charge in [-0.25, -0.2) is 4.68 Å². The van der Waals surface area contributed by atoms with E-state index in [4.69, 9.17) is 10.8 Å². The van der Waals surface area contributed by atoms with Crippen LogP contribution in [-0.4, -0.2) is 23.9 Å². The molecule has 1 aromatic heterocycles. The summed E-state index contributed by atoms with van der Waals surface area (Å²) in [6.45, 7) is 6.97. The van der Waals surface area contributed by atoms with Gasteiger partial charge in [0, 0.05) is 31.7 Å². The van der Waals surface area contributed by atoms with Crippen LogP contribution in [0, 0.1) is 0 Å². The lowest BCUT2D eigenvalue weighted by molar-refractivity contribution is 0.560. The van der Waals surface area contributed by atoms with Gasteiger partial charge >= 0.3 is 0 Å². The van der Waals surface area contributed by atoms with E-state index in [-0.39, 0.29) is 5.41 Å². The van der Waals surface area contributed by atoms with Gasteiger partial charge in [-0.15, -0.1) is 0 Å². The summed E-state index contributed by atoms with van der Waals surface area (Å²) < 4.78 is 1.95. The molecule has 0 radical (unpaired) electrons. The molecule has 2 rings (SSSR count). The quantitative estimate of drug-likeness (QED) is 0.934. The van der Waals surface area contributed by atoms with Crippen molar-refractivity contribution >= 4 is 5.69 Å². The number of benzene rings is 1. The summed E-state index contributed by atoms with van der Waals surface area (Å²) in [5.74, 6) is 0. The SMILES string of the molecule is CN(C)c1cccc(-n2nc(C(C)(C)C)cc2CN)c1. The first-order valence-corrected chi connectivity index (χ1v) is 6.90. The minimum atomic E-state index is 0.0222. The number of aromatic nitrogens is 2. The Morgan fingerprint density at radius 3 is 2.45 bits per heavy atom. The van der Waals surface area contributed by atoms with Gasteiger partial charge in [0.05, 0.1) is 17.1 Å². The van der Waals surface area contributed by atoms with Crippen LogP contribution in [-0.2, 0) is 12.0 Å². The average molecular weight is 272 g/mol. The summed E-state index contributed by atoms with van der Waals surface area (Å²) in [6, 6.07) is 10.4. The molecule has 0 aliphatic rings. The molecule has 0 aliphatic carbocycles. The highest BCUT2D eigenvalue weighted by atomic mass is 15.3. The maximum Gasteiger partial charge on any atom is 0.0685 e. The lowest BCUT2D eigenvalue weighted by Gasteiger charge is -2.15. The highest BCUT2D eigenvalue weighted by Crippen LogP contribution is 2.24. The Labute approximate surface area is 121 Å². The molecule has 20 heavy (non-hydrogen) atoms. The highest BCUT2D eigenvalue weighted by Gasteiger charge is 2.20. The lowest BCUT2D eigenvalue weighted by Crippen LogP contribution is -2.13. The van der Waals surface area contributed by atoms with Crippen LogP contribution >= 0.6 is 0 Å². The van der Waals surface area contributed by atoms with Crippen LogP contribution in [0.5, 0.6) is 0 Å². The second-order valence-electron chi connectivity index (χ2n) is 6.30. The fourth-order valence-electron chi connectivity index (χ4n) is 2.06. The van der Waals surface area contributed by atoms with Crippen LogP contribution < -0.4 is 10.6 Å². The van der Waals surface area contributed by atoms with Crippen molar-refractivity contribution in [3.63, 3.8) is 0 Å². The van der Waals surface area contributed by atoms with Crippen molar-refractivity contribution in [1.82, 2.24) is 9.78 Å². The first-order chi connectivity index (χ1) is 9.32. The Balaban J connectivity index is 2.52. The molecule has 2 N–H and O–H groups in total. The largest absolute Gasteiger partial charge is 0.378 e. The van der Waals surface area contributed by atoms with Gasteiger partial charge in [0.2, 0.25) is 0 Å². The first kappa shape index (κ1) is 14.6. The Morgan fingerprint density at radius 1 is 1.20 bits per heavy atom. The molecule has 0 atom stereocenters. The zero-order valence-electron chi connectivity index (χ0n) is 13.0. The van der Waals surface area contributed by atoms with E-state index in [0.717, 1.165) is 22.8 Å². The minimum Gasteiger partial charge on any atom is -0.378 e. The van der Waals surface area contributed by atoms with Gasteiger partial charge in [-0.3, -0.25) is 0 Å². The Bertz CT molecular complexity index is 591. The Morgan fingerprint density at radius 2 is 1.90 bits per heavy atom. The predicted octanol–water partition coefficient (Wildman–Crippen LogP) is 2.69. The summed E-state index contributed by atoms with van der Waals surface area (Å²) >= 11 is 0. The maximum absolute atomic E-state index is 5.87. The van der Waals surface area contributed by atoms with Crippen LogP contribution in [0.4, 0.5) is 5.69 Å². The van der Waals surface area contributed by atoms with Crippen LogP contribution in [0.1, 0.15) is 32.2 Å². The topological polar surface area (TPSA) is 47.1 Å². The minimum absolute atomic E-state index is 0.0222. The molecule has 0 aliphatic heterocycles. The molecular weight excluding hydrogens is 248 g/mol. The highest BCUT2D eigenvalue weighted by molar-refractivity contribution is 5.52. The van der Waals surface area contributed by atoms with Gasteiger partial charge in [0.25, 0.3) is 0 Å². The Hall–Kier alpha value is -1.81. The molecule has 0 saturated carbocycles. The van der Waals surface area contributed by atoms with E-state index in [2.05, 4.69) is 49.9 Å². The van der Waals surface area contributed by atoms with Gasteiger partial charge in [-0.05, 0) is 24.3 Å². The van der Waals surface area contributed by atoms with Crippen molar-refractivity contribution in [2.45, 2.75) is 32.7 Å². The van der Waals surface area contributed by atoms with E-state index in [1.807, 2.05) is 24.8 Å². The molecule has 2 aromatic rings. The fraction of sp³-hybridized carbons (Fsp3) is 0.438. The number of nitrogens with zero attached hydrogens (tertiary/aromatic N) is 3. The van der Waals surface area contributed by atoms with Crippen molar-refractivity contribution in [2.75, 3.05) is 19.0 Å². The maximum atomic E-state index is 5.87. The standard InChI is InChI=1S/C16H24N4/c1-16(2,3)15-10-14(11-17)20(18-15)13-8-6-7-12(9-13)19(4)5/h6-10H,11,17H2,1-5H3. The zero-order chi connectivity index (χ0) is 14.9. The van der Waals surface area contributed by atoms with Crippen LogP contribution in [0.3, 0.4) is 0 Å². The third-order valence-electron chi connectivity index (χ3n) is 3.35. The van der Waals surface area contributed by atoms with Crippen molar-refractivity contribution in [3.05, 3.63) is 41.7 Å². The van der Waals surface area contributed by atoms with Crippen LogP contribution in [0.2, 0.25) is 0 Å². The molecule has 4 nitrogen and oxygen atoms in total. The van der Waals surface area contributed by atoms with E-state index < -0.39 is 0 Å². The normalized spacial score (nSPS) is 11.7. The van der Waals surface area contributed by atoms with Gasteiger partial charge in [-0.2, -0.15) is 5.10 Å². The lowest BCUT2D eigenvalue weighted by atomic mass is 9.92. The van der Waals surface area contributed by atoms with Crippen molar-refractivity contribution in [3.8, 4) is 5.69 Å². The molecule has 0 bridgehead atoms. The van der Waals surface area contributed by atoms with Gasteiger partial charge in [0.1, 0.15) is 0 Å². The monoisotopic (exact) mass is 272 g/mol. The smallest absolute Gasteiger partial charge is 0.0685 e. The van der Waals surface area contributed by atoms with Gasteiger partial charge in [0.15, 0.2) is 0 Å². The molecule has 1 aromatic carbocycles. The van der Waals surface area contributed by atoms with Gasteiger partial charge in [-0.1, -0.05) is 26.8 Å². The molecule has 0 spiro atoms. The van der Waals surface area contributed by atoms with E-state index >= 15 is 0 Å². The summed E-state index contributed by atoms with van der Waals surface area (Å²) in [6.07, 6.45) is 0. The average Bonchev–Trinajstić information content (AvgIpc) is 2.82. The van der Waals surface area contributed by atoms with Gasteiger partial charge < -0.3 is 10.6 Å². The molecule has 108 valence electrons. The molecule has 1 heterocycles. The molecule has 4 heteroatoms. The molecule has 0 unspecified atom stereocenters. The third kappa shape index (κ3) is 2.85. The predicted molar refractivity (Wildman–Crippen MR) is 84.5 cm³/mol. The van der Waals surface area contributed by atoms with Crippen molar-refractivity contribution in [2.24, 2.45) is 5.73 Å². The summed E-state index contributed by atoms with van der Waals surface area (Å²) in [5.41, 5.74) is 10.2. The summed E-state index contributed by atoms with van der Waals surface area (Å²) in [7, 11) is 4.07. The number of hydrogen-bond acceptors (Lipinski definition) is 3. The molecule has 0 fully saturated rings. The number of hydrogen-bond donors (Lipinski definition) is 1. The van der Waals surface area contributed by atoms with E-state index in [1.165, 1.54) is 0 Å². The first-order valence-electron chi connectivity index (χ1n) is 6.90. The molecular formula is C16H24N4. The second-order valence-corrected chi connectivity index (χ2v) is 6.30. The number of rotatable bonds is 3. The van der Waals surface area contributed by atoms with Crippen LogP contribution in [0.15, 0.2) is 30.3 Å². The van der Waals surface area contributed by atoms with E-state index in [1.54, 1.807) is 0 Å².